The molecule has 0 unspecified atom stereocenters. The van der Waals surface area contributed by atoms with E-state index < -0.39 is 4.92 Å². The first-order valence-corrected chi connectivity index (χ1v) is 4.71. The topological polar surface area (TPSA) is 72.2 Å². The lowest BCUT2D eigenvalue weighted by Gasteiger charge is -2.02. The molecule has 0 saturated carbocycles. The number of hydrogen-bond donors (Lipinski definition) is 1. The first kappa shape index (κ1) is 11.4. The number of nitro groups is 1. The monoisotopic (exact) mass is 270 g/mol. The fraction of sp³-hybridized carbons (Fsp3) is 0. The number of nitro benzene ring substituents is 1. The average molecular weight is 271 g/mol. The Hall–Kier alpha value is -1.69. The van der Waals surface area contributed by atoms with E-state index in [-0.39, 0.29) is 11.6 Å². The lowest BCUT2D eigenvalue weighted by atomic mass is 10.3. The Balaban J connectivity index is 2.96. The molecule has 0 heterocycles. The highest BCUT2D eigenvalue weighted by molar-refractivity contribution is 9.10. The number of nitrogens with one attached hydrogen (secondary N) is 1. The fourth-order valence-corrected chi connectivity index (χ4v) is 1.45. The number of anilines is 1. The Morgan fingerprint density at radius 2 is 2.27 bits per heavy atom. The lowest BCUT2D eigenvalue weighted by molar-refractivity contribution is -0.385. The van der Waals surface area contributed by atoms with Crippen molar-refractivity contribution in [3.8, 4) is 0 Å². The van der Waals surface area contributed by atoms with Crippen LogP contribution >= 0.6 is 15.9 Å². The van der Waals surface area contributed by atoms with Crippen LogP contribution in [0.4, 0.5) is 11.4 Å². The number of rotatable bonds is 3. The van der Waals surface area contributed by atoms with Crippen LogP contribution in [0, 0.1) is 10.1 Å². The number of benzene rings is 1. The minimum atomic E-state index is -0.511. The molecule has 1 aromatic carbocycles. The second-order valence-corrected chi connectivity index (χ2v) is 3.47. The van der Waals surface area contributed by atoms with Gasteiger partial charge in [0.15, 0.2) is 0 Å². The van der Waals surface area contributed by atoms with Crippen molar-refractivity contribution < 1.29 is 9.72 Å². The SMILES string of the molecule is C=CC(=O)Nc1ccc([N+](=O)[O-])c(Br)c1. The van der Waals surface area contributed by atoms with Crippen LogP contribution < -0.4 is 5.32 Å². The summed E-state index contributed by atoms with van der Waals surface area (Å²) in [5, 5.41) is 13.0. The van der Waals surface area contributed by atoms with Crippen LogP contribution in [0.5, 0.6) is 0 Å². The molecule has 0 aromatic heterocycles. The molecule has 1 rings (SSSR count). The van der Waals surface area contributed by atoms with Crippen molar-refractivity contribution in [3.05, 3.63) is 45.4 Å². The number of carbonyl (C=O) groups is 1. The Morgan fingerprint density at radius 3 is 2.73 bits per heavy atom. The van der Waals surface area contributed by atoms with Crippen LogP contribution in [-0.4, -0.2) is 10.8 Å². The van der Waals surface area contributed by atoms with E-state index in [1.807, 2.05) is 0 Å². The normalized spacial score (nSPS) is 9.40. The van der Waals surface area contributed by atoms with Gasteiger partial charge in [-0.25, -0.2) is 0 Å². The van der Waals surface area contributed by atoms with Crippen molar-refractivity contribution in [3.63, 3.8) is 0 Å². The Labute approximate surface area is 94.1 Å². The first-order chi connectivity index (χ1) is 7.04. The Kier molecular flexibility index (Phi) is 3.56. The Morgan fingerprint density at radius 1 is 1.60 bits per heavy atom. The van der Waals surface area contributed by atoms with Crippen LogP contribution in [0.25, 0.3) is 0 Å². The third-order valence-corrected chi connectivity index (χ3v) is 2.23. The van der Waals surface area contributed by atoms with Gasteiger partial charge in [0.1, 0.15) is 0 Å². The molecule has 0 radical (unpaired) electrons. The van der Waals surface area contributed by atoms with Gasteiger partial charge in [-0.1, -0.05) is 6.58 Å². The highest BCUT2D eigenvalue weighted by Crippen LogP contribution is 2.27. The van der Waals surface area contributed by atoms with E-state index in [2.05, 4.69) is 27.8 Å². The van der Waals surface area contributed by atoms with E-state index in [4.69, 9.17) is 0 Å². The van der Waals surface area contributed by atoms with Gasteiger partial charge in [-0.2, -0.15) is 0 Å². The van der Waals surface area contributed by atoms with Crippen molar-refractivity contribution in [2.24, 2.45) is 0 Å². The van der Waals surface area contributed by atoms with E-state index in [1.54, 1.807) is 0 Å². The molecule has 6 heteroatoms. The molecule has 0 atom stereocenters. The molecule has 0 aliphatic heterocycles. The molecule has 1 N–H and O–H groups in total. The number of hydrogen-bond acceptors (Lipinski definition) is 3. The van der Waals surface area contributed by atoms with Crippen LogP contribution in [0.1, 0.15) is 0 Å². The maximum atomic E-state index is 10.9. The number of amides is 1. The number of halogens is 1. The summed E-state index contributed by atoms with van der Waals surface area (Å²) in [4.78, 5) is 20.9. The minimum absolute atomic E-state index is 0.0494. The van der Waals surface area contributed by atoms with Gasteiger partial charge < -0.3 is 5.32 Å². The van der Waals surface area contributed by atoms with E-state index in [0.717, 1.165) is 6.08 Å². The molecule has 1 amide bonds. The third kappa shape index (κ3) is 2.88. The molecular weight excluding hydrogens is 264 g/mol. The van der Waals surface area contributed by atoms with Crippen molar-refractivity contribution in [1.29, 1.82) is 0 Å². The van der Waals surface area contributed by atoms with Crippen molar-refractivity contribution in [2.45, 2.75) is 0 Å². The molecule has 5 nitrogen and oxygen atoms in total. The zero-order chi connectivity index (χ0) is 11.4. The first-order valence-electron chi connectivity index (χ1n) is 3.92. The summed E-state index contributed by atoms with van der Waals surface area (Å²) in [5.41, 5.74) is 0.420. The average Bonchev–Trinajstić information content (AvgIpc) is 2.17. The zero-order valence-electron chi connectivity index (χ0n) is 7.57. The summed E-state index contributed by atoms with van der Waals surface area (Å²) < 4.78 is 0.314. The van der Waals surface area contributed by atoms with E-state index in [9.17, 15) is 14.9 Å². The van der Waals surface area contributed by atoms with E-state index in [0.29, 0.717) is 10.2 Å². The molecule has 0 bridgehead atoms. The molecule has 0 saturated heterocycles. The van der Waals surface area contributed by atoms with Gasteiger partial charge in [-0.05, 0) is 34.1 Å². The summed E-state index contributed by atoms with van der Waals surface area (Å²) in [6, 6.07) is 4.21. The van der Waals surface area contributed by atoms with Crippen molar-refractivity contribution in [2.75, 3.05) is 5.32 Å². The van der Waals surface area contributed by atoms with Crippen LogP contribution in [0.15, 0.2) is 35.3 Å². The smallest absolute Gasteiger partial charge is 0.283 e. The predicted molar refractivity (Wildman–Crippen MR) is 59.6 cm³/mol. The molecule has 1 aromatic rings. The standard InChI is InChI=1S/C9H7BrN2O3/c1-2-9(13)11-6-3-4-8(12(14)15)7(10)5-6/h2-5H,1H2,(H,11,13). The van der Waals surface area contributed by atoms with Crippen LogP contribution in [-0.2, 0) is 4.79 Å². The predicted octanol–water partition coefficient (Wildman–Crippen LogP) is 2.48. The quantitative estimate of drug-likeness (QED) is 0.521. The third-order valence-electron chi connectivity index (χ3n) is 1.60. The fourth-order valence-electron chi connectivity index (χ4n) is 0.926. The maximum absolute atomic E-state index is 10.9. The zero-order valence-corrected chi connectivity index (χ0v) is 9.15. The highest BCUT2D eigenvalue weighted by Gasteiger charge is 2.11. The molecule has 15 heavy (non-hydrogen) atoms. The van der Waals surface area contributed by atoms with Crippen LogP contribution in [0.3, 0.4) is 0 Å². The molecule has 78 valence electrons. The van der Waals surface area contributed by atoms with Gasteiger partial charge in [0.2, 0.25) is 5.91 Å². The largest absolute Gasteiger partial charge is 0.322 e. The Bertz CT molecular complexity index is 431. The minimum Gasteiger partial charge on any atom is -0.322 e. The van der Waals surface area contributed by atoms with E-state index >= 15 is 0 Å². The summed E-state index contributed by atoms with van der Waals surface area (Å²) >= 11 is 3.04. The summed E-state index contributed by atoms with van der Waals surface area (Å²) in [6.07, 6.45) is 1.12. The van der Waals surface area contributed by atoms with E-state index in [1.165, 1.54) is 18.2 Å². The molecule has 0 aliphatic rings. The number of carbonyl (C=O) groups excluding carboxylic acids is 1. The van der Waals surface area contributed by atoms with Crippen LogP contribution in [0.2, 0.25) is 0 Å². The second-order valence-electron chi connectivity index (χ2n) is 2.62. The van der Waals surface area contributed by atoms with Crippen molar-refractivity contribution >= 4 is 33.2 Å². The van der Waals surface area contributed by atoms with Gasteiger partial charge in [-0.15, -0.1) is 0 Å². The highest BCUT2D eigenvalue weighted by atomic mass is 79.9. The van der Waals surface area contributed by atoms with Gasteiger partial charge in [0.25, 0.3) is 5.69 Å². The number of nitrogens with zero attached hydrogens (tertiary/aromatic N) is 1. The summed E-state index contributed by atoms with van der Waals surface area (Å²) in [5.74, 6) is -0.365. The second kappa shape index (κ2) is 4.70. The van der Waals surface area contributed by atoms with Crippen molar-refractivity contribution in [1.82, 2.24) is 0 Å². The molecule has 0 fully saturated rings. The van der Waals surface area contributed by atoms with Gasteiger partial charge >= 0.3 is 0 Å². The summed E-state index contributed by atoms with van der Waals surface area (Å²) in [6.45, 7) is 3.29. The molecule has 0 aliphatic carbocycles. The molecule has 0 spiro atoms. The van der Waals surface area contributed by atoms with Gasteiger partial charge in [-0.3, -0.25) is 14.9 Å². The maximum Gasteiger partial charge on any atom is 0.283 e. The molecular formula is C9H7BrN2O3. The lowest BCUT2D eigenvalue weighted by Crippen LogP contribution is -2.07. The van der Waals surface area contributed by atoms with Gasteiger partial charge in [0, 0.05) is 11.8 Å². The van der Waals surface area contributed by atoms with Gasteiger partial charge in [0.05, 0.1) is 9.40 Å². The summed E-state index contributed by atoms with van der Waals surface area (Å²) in [7, 11) is 0.